The van der Waals surface area contributed by atoms with Crippen molar-refractivity contribution >= 4 is 27.5 Å². The highest BCUT2D eigenvalue weighted by Crippen LogP contribution is 2.32. The normalized spacial score (nSPS) is 16.7. The highest BCUT2D eigenvalue weighted by molar-refractivity contribution is 7.20. The minimum atomic E-state index is -4.84. The first-order chi connectivity index (χ1) is 14.9. The predicted molar refractivity (Wildman–Crippen MR) is 113 cm³/mol. The highest BCUT2D eigenvalue weighted by Gasteiger charge is 2.34. The van der Waals surface area contributed by atoms with Gasteiger partial charge in [-0.25, -0.2) is 4.79 Å². The van der Waals surface area contributed by atoms with E-state index in [2.05, 4.69) is 4.74 Å². The molecule has 12 heteroatoms. The summed E-state index contributed by atoms with van der Waals surface area (Å²) in [5.74, 6) is -0.324. The van der Waals surface area contributed by atoms with Crippen LogP contribution in [0.15, 0.2) is 9.59 Å². The van der Waals surface area contributed by atoms with Gasteiger partial charge in [0.1, 0.15) is 4.83 Å². The Morgan fingerprint density at radius 3 is 2.34 bits per heavy atom. The molecule has 8 nitrogen and oxygen atoms in total. The van der Waals surface area contributed by atoms with Gasteiger partial charge in [-0.1, -0.05) is 6.92 Å². The van der Waals surface area contributed by atoms with Crippen molar-refractivity contribution in [2.24, 2.45) is 0 Å². The first-order valence-electron chi connectivity index (χ1n) is 10.4. The summed E-state index contributed by atoms with van der Waals surface area (Å²) in [5.41, 5.74) is -1.74. The molecule has 0 bridgehead atoms. The number of alkyl halides is 3. The second-order valence-electron chi connectivity index (χ2n) is 7.88. The van der Waals surface area contributed by atoms with E-state index >= 15 is 0 Å². The lowest BCUT2D eigenvalue weighted by molar-refractivity contribution is -0.325. The number of amides is 1. The van der Waals surface area contributed by atoms with Gasteiger partial charge in [0.15, 0.2) is 0 Å². The lowest BCUT2D eigenvalue weighted by Crippen LogP contribution is -2.46. The topological polar surface area (TPSA) is 93.8 Å². The first kappa shape index (κ1) is 24.5. The van der Waals surface area contributed by atoms with Crippen LogP contribution in [0.4, 0.5) is 13.2 Å². The number of aliphatic hydroxyl groups is 1. The molecule has 0 radical (unpaired) electrons. The van der Waals surface area contributed by atoms with Gasteiger partial charge in [-0.15, -0.1) is 24.5 Å². The van der Waals surface area contributed by atoms with Crippen molar-refractivity contribution in [3.8, 4) is 0 Å². The molecule has 1 fully saturated rings. The summed E-state index contributed by atoms with van der Waals surface area (Å²) in [6.07, 6.45) is -3.40. The van der Waals surface area contributed by atoms with Crippen molar-refractivity contribution in [1.82, 2.24) is 14.0 Å². The molecule has 2 aromatic heterocycles. The summed E-state index contributed by atoms with van der Waals surface area (Å²) in [6.45, 7) is 4.58. The van der Waals surface area contributed by atoms with E-state index in [4.69, 9.17) is 0 Å². The van der Waals surface area contributed by atoms with Gasteiger partial charge in [0.25, 0.3) is 11.5 Å². The van der Waals surface area contributed by atoms with Gasteiger partial charge < -0.3 is 10.0 Å². The Balaban J connectivity index is 2.03. The van der Waals surface area contributed by atoms with Crippen molar-refractivity contribution in [3.05, 3.63) is 31.3 Å². The average molecular weight is 478 g/mol. The highest BCUT2D eigenvalue weighted by atomic mass is 32.1. The molecule has 0 atom stereocenters. The van der Waals surface area contributed by atoms with E-state index in [-0.39, 0.29) is 27.5 Å². The maximum Gasteiger partial charge on any atom is 0.522 e. The molecule has 0 unspecified atom stereocenters. The molecular formula is C20H26F3N3O5S. The van der Waals surface area contributed by atoms with Gasteiger partial charge in [-0.05, 0) is 38.7 Å². The van der Waals surface area contributed by atoms with Gasteiger partial charge >= 0.3 is 12.1 Å². The molecule has 0 aliphatic carbocycles. The van der Waals surface area contributed by atoms with E-state index < -0.39 is 36.4 Å². The summed E-state index contributed by atoms with van der Waals surface area (Å²) in [6, 6.07) is 0. The fourth-order valence-electron chi connectivity index (χ4n) is 3.95. The predicted octanol–water partition coefficient (Wildman–Crippen LogP) is 2.47. The Hall–Kier alpha value is -2.18. The summed E-state index contributed by atoms with van der Waals surface area (Å²) < 4.78 is 43.0. The van der Waals surface area contributed by atoms with Crippen LogP contribution in [0.5, 0.6) is 0 Å². The number of hydrogen-bond donors (Lipinski definition) is 1. The van der Waals surface area contributed by atoms with E-state index in [1.807, 2.05) is 6.92 Å². The molecule has 0 saturated carbocycles. The molecule has 2 aromatic rings. The number of ether oxygens (including phenoxy) is 1. The van der Waals surface area contributed by atoms with Gasteiger partial charge in [-0.3, -0.25) is 23.5 Å². The fraction of sp³-hybridized carbons (Fsp3) is 0.650. The van der Waals surface area contributed by atoms with E-state index in [0.29, 0.717) is 37.9 Å². The number of rotatable bonds is 6. The third-order valence-corrected chi connectivity index (χ3v) is 7.33. The van der Waals surface area contributed by atoms with Crippen LogP contribution >= 0.6 is 11.3 Å². The molecule has 1 N–H and O–H groups in total. The molecule has 3 rings (SSSR count). The SMILES string of the molecule is CCn1c(=O)c2c(C)c(C(=O)N3CCC(O)(CC)CC3)sc2n(CCOC(F)(F)F)c1=O. The van der Waals surface area contributed by atoms with Crippen LogP contribution in [-0.4, -0.2) is 56.7 Å². The zero-order chi connectivity index (χ0) is 23.8. The van der Waals surface area contributed by atoms with Gasteiger partial charge in [-0.2, -0.15) is 0 Å². The molecule has 0 aromatic carbocycles. The minimum absolute atomic E-state index is 0.0357. The minimum Gasteiger partial charge on any atom is -0.390 e. The smallest absolute Gasteiger partial charge is 0.390 e. The van der Waals surface area contributed by atoms with Crippen molar-refractivity contribution in [3.63, 3.8) is 0 Å². The Labute approximate surface area is 185 Å². The number of carbonyl (C=O) groups excluding carboxylic acids is 1. The van der Waals surface area contributed by atoms with Crippen LogP contribution in [0.1, 0.15) is 48.3 Å². The number of piperidine rings is 1. The third-order valence-electron chi connectivity index (χ3n) is 6.02. The average Bonchev–Trinajstić information content (AvgIpc) is 3.07. The van der Waals surface area contributed by atoms with Crippen molar-refractivity contribution in [2.75, 3.05) is 19.7 Å². The molecular weight excluding hydrogens is 451 g/mol. The lowest BCUT2D eigenvalue weighted by Gasteiger charge is -2.37. The Morgan fingerprint density at radius 1 is 1.19 bits per heavy atom. The monoisotopic (exact) mass is 477 g/mol. The van der Waals surface area contributed by atoms with Gasteiger partial charge in [0.05, 0.1) is 29.0 Å². The van der Waals surface area contributed by atoms with E-state index in [1.165, 1.54) is 0 Å². The van der Waals surface area contributed by atoms with E-state index in [1.54, 1.807) is 18.7 Å². The number of aryl methyl sites for hydroxylation is 1. The Bertz CT molecular complexity index is 1130. The van der Waals surface area contributed by atoms with Crippen LogP contribution in [0.2, 0.25) is 0 Å². The number of likely N-dealkylation sites (tertiary alicyclic amines) is 1. The van der Waals surface area contributed by atoms with E-state index in [0.717, 1.165) is 20.5 Å². The molecule has 3 heterocycles. The summed E-state index contributed by atoms with van der Waals surface area (Å²) >= 11 is 0.922. The quantitative estimate of drug-likeness (QED) is 0.690. The molecule has 1 aliphatic rings. The second-order valence-corrected chi connectivity index (χ2v) is 8.88. The van der Waals surface area contributed by atoms with Crippen LogP contribution in [-0.2, 0) is 17.8 Å². The maximum atomic E-state index is 13.2. The third kappa shape index (κ3) is 4.62. The number of aromatic nitrogens is 2. The molecule has 1 aliphatic heterocycles. The molecule has 178 valence electrons. The van der Waals surface area contributed by atoms with Crippen LogP contribution in [0, 0.1) is 6.92 Å². The zero-order valence-electron chi connectivity index (χ0n) is 18.1. The molecule has 1 amide bonds. The Morgan fingerprint density at radius 2 is 1.81 bits per heavy atom. The van der Waals surface area contributed by atoms with Crippen LogP contribution in [0.25, 0.3) is 10.2 Å². The summed E-state index contributed by atoms with van der Waals surface area (Å²) in [7, 11) is 0. The molecule has 0 spiro atoms. The number of fused-ring (bicyclic) bond motifs is 1. The maximum absolute atomic E-state index is 13.2. The van der Waals surface area contributed by atoms with Crippen LogP contribution < -0.4 is 11.2 Å². The molecule has 32 heavy (non-hydrogen) atoms. The fourth-order valence-corrected chi connectivity index (χ4v) is 5.24. The van der Waals surface area contributed by atoms with Crippen molar-refractivity contribution in [2.45, 2.75) is 65.1 Å². The largest absolute Gasteiger partial charge is 0.522 e. The van der Waals surface area contributed by atoms with Gasteiger partial charge in [0.2, 0.25) is 0 Å². The van der Waals surface area contributed by atoms with Crippen molar-refractivity contribution < 1.29 is 27.8 Å². The van der Waals surface area contributed by atoms with Crippen LogP contribution in [0.3, 0.4) is 0 Å². The van der Waals surface area contributed by atoms with E-state index in [9.17, 15) is 32.7 Å². The van der Waals surface area contributed by atoms with Gasteiger partial charge in [0, 0.05) is 19.6 Å². The molecule has 1 saturated heterocycles. The standard InChI is InChI=1S/C20H26F3N3O5S/c1-4-19(30)6-8-24(9-7-19)16(28)14-12(3)13-15(27)25(5-2)18(29)26(17(13)32-14)10-11-31-20(21,22)23/h30H,4-11H2,1-3H3. The number of hydrogen-bond acceptors (Lipinski definition) is 6. The second kappa shape index (κ2) is 8.99. The lowest BCUT2D eigenvalue weighted by atomic mass is 9.89. The summed E-state index contributed by atoms with van der Waals surface area (Å²) in [5, 5.41) is 10.6. The first-order valence-corrected chi connectivity index (χ1v) is 11.2. The number of carbonyl (C=O) groups is 1. The van der Waals surface area contributed by atoms with Crippen molar-refractivity contribution in [1.29, 1.82) is 0 Å². The summed E-state index contributed by atoms with van der Waals surface area (Å²) in [4.78, 5) is 40.9. The number of halogens is 3. The zero-order valence-corrected chi connectivity index (χ0v) is 18.9. The number of nitrogens with zero attached hydrogens (tertiary/aromatic N) is 3. The Kier molecular flexibility index (Phi) is 6.87. The number of thiophene rings is 1.